The Bertz CT molecular complexity index is 989. The first kappa shape index (κ1) is 18.7. The van der Waals surface area contributed by atoms with Crippen LogP contribution in [0.15, 0.2) is 64.3 Å². The minimum absolute atomic E-state index is 0.132. The van der Waals surface area contributed by atoms with E-state index >= 15 is 0 Å². The summed E-state index contributed by atoms with van der Waals surface area (Å²) < 4.78 is 0. The monoisotopic (exact) mass is 409 g/mol. The van der Waals surface area contributed by atoms with Crippen molar-refractivity contribution in [3.8, 4) is 0 Å². The van der Waals surface area contributed by atoms with E-state index in [0.717, 1.165) is 35.0 Å². The Morgan fingerprint density at radius 2 is 2.11 bits per heavy atom. The molecular formula is C21H19N3O2S2. The number of thioether (sulfide) groups is 1. The SMILES string of the molecule is O=C(Nc1cccc(N2CCCC2=O)c1)c1ccccc1SCc1cscn1. The normalized spacial score (nSPS) is 13.7. The van der Waals surface area contributed by atoms with Gasteiger partial charge in [0.1, 0.15) is 0 Å². The Morgan fingerprint density at radius 1 is 1.21 bits per heavy atom. The Labute approximate surface area is 171 Å². The van der Waals surface area contributed by atoms with Gasteiger partial charge in [0.05, 0.1) is 16.8 Å². The van der Waals surface area contributed by atoms with Gasteiger partial charge >= 0.3 is 0 Å². The third kappa shape index (κ3) is 4.26. The van der Waals surface area contributed by atoms with Crippen molar-refractivity contribution in [2.24, 2.45) is 0 Å². The van der Waals surface area contributed by atoms with E-state index in [1.807, 2.05) is 59.4 Å². The van der Waals surface area contributed by atoms with Crippen LogP contribution < -0.4 is 10.2 Å². The van der Waals surface area contributed by atoms with Gasteiger partial charge in [-0.05, 0) is 36.8 Å². The Hall–Kier alpha value is -2.64. The second-order valence-electron chi connectivity index (χ2n) is 6.42. The van der Waals surface area contributed by atoms with E-state index in [1.165, 1.54) is 0 Å². The maximum Gasteiger partial charge on any atom is 0.256 e. The minimum Gasteiger partial charge on any atom is -0.322 e. The quantitative estimate of drug-likeness (QED) is 0.593. The van der Waals surface area contributed by atoms with Crippen molar-refractivity contribution in [3.05, 3.63) is 70.7 Å². The van der Waals surface area contributed by atoms with Crippen LogP contribution in [-0.4, -0.2) is 23.3 Å². The summed E-state index contributed by atoms with van der Waals surface area (Å²) >= 11 is 3.17. The number of thiazole rings is 1. The minimum atomic E-state index is -0.161. The molecule has 4 rings (SSSR count). The number of anilines is 2. The molecule has 1 saturated heterocycles. The Morgan fingerprint density at radius 3 is 2.89 bits per heavy atom. The lowest BCUT2D eigenvalue weighted by atomic mass is 10.2. The van der Waals surface area contributed by atoms with E-state index in [0.29, 0.717) is 17.7 Å². The fourth-order valence-electron chi connectivity index (χ4n) is 3.11. The summed E-state index contributed by atoms with van der Waals surface area (Å²) in [6, 6.07) is 15.0. The van der Waals surface area contributed by atoms with Gasteiger partial charge in [0.2, 0.25) is 5.91 Å². The van der Waals surface area contributed by atoms with Crippen LogP contribution in [0.4, 0.5) is 11.4 Å². The number of nitrogens with zero attached hydrogens (tertiary/aromatic N) is 2. The average Bonchev–Trinajstić information content (AvgIpc) is 3.38. The molecule has 3 aromatic rings. The highest BCUT2D eigenvalue weighted by molar-refractivity contribution is 7.98. The van der Waals surface area contributed by atoms with Crippen molar-refractivity contribution in [2.45, 2.75) is 23.5 Å². The van der Waals surface area contributed by atoms with Gasteiger partial charge in [-0.1, -0.05) is 18.2 Å². The van der Waals surface area contributed by atoms with Gasteiger partial charge in [-0.15, -0.1) is 23.1 Å². The molecule has 28 heavy (non-hydrogen) atoms. The van der Waals surface area contributed by atoms with Crippen molar-refractivity contribution in [1.82, 2.24) is 4.98 Å². The molecule has 1 aliphatic heterocycles. The van der Waals surface area contributed by atoms with Gasteiger partial charge in [-0.25, -0.2) is 4.98 Å². The van der Waals surface area contributed by atoms with E-state index < -0.39 is 0 Å². The first-order valence-electron chi connectivity index (χ1n) is 9.01. The molecule has 1 N–H and O–H groups in total. The van der Waals surface area contributed by atoms with Crippen molar-refractivity contribution in [1.29, 1.82) is 0 Å². The van der Waals surface area contributed by atoms with E-state index in [4.69, 9.17) is 0 Å². The predicted molar refractivity (Wildman–Crippen MR) is 114 cm³/mol. The Kier molecular flexibility index (Phi) is 5.73. The van der Waals surface area contributed by atoms with Gasteiger partial charge in [0, 0.05) is 40.4 Å². The molecule has 2 aromatic carbocycles. The third-order valence-electron chi connectivity index (χ3n) is 4.48. The Balaban J connectivity index is 1.49. The van der Waals surface area contributed by atoms with Gasteiger partial charge in [-0.2, -0.15) is 0 Å². The number of hydrogen-bond acceptors (Lipinski definition) is 5. The fourth-order valence-corrected chi connectivity index (χ4v) is 4.73. The first-order valence-corrected chi connectivity index (χ1v) is 10.9. The summed E-state index contributed by atoms with van der Waals surface area (Å²) in [6.45, 7) is 0.728. The number of carbonyl (C=O) groups is 2. The smallest absolute Gasteiger partial charge is 0.256 e. The van der Waals surface area contributed by atoms with Gasteiger partial charge in [-0.3, -0.25) is 9.59 Å². The lowest BCUT2D eigenvalue weighted by Crippen LogP contribution is -2.23. The van der Waals surface area contributed by atoms with E-state index in [2.05, 4.69) is 10.3 Å². The summed E-state index contributed by atoms with van der Waals surface area (Å²) in [6.07, 6.45) is 1.46. The van der Waals surface area contributed by atoms with Crippen molar-refractivity contribution >= 4 is 46.3 Å². The zero-order chi connectivity index (χ0) is 19.3. The van der Waals surface area contributed by atoms with Crippen LogP contribution in [0.25, 0.3) is 0 Å². The number of hydrogen-bond donors (Lipinski definition) is 1. The number of rotatable bonds is 6. The van der Waals surface area contributed by atoms with Crippen LogP contribution in [0.3, 0.4) is 0 Å². The summed E-state index contributed by atoms with van der Waals surface area (Å²) in [5.74, 6) is 0.693. The van der Waals surface area contributed by atoms with Crippen LogP contribution in [0.2, 0.25) is 0 Å². The van der Waals surface area contributed by atoms with Crippen LogP contribution in [-0.2, 0) is 10.5 Å². The zero-order valence-electron chi connectivity index (χ0n) is 15.1. The molecule has 5 nitrogen and oxygen atoms in total. The van der Waals surface area contributed by atoms with E-state index in [-0.39, 0.29) is 11.8 Å². The molecule has 0 unspecified atom stereocenters. The molecule has 7 heteroatoms. The molecule has 0 saturated carbocycles. The molecule has 2 heterocycles. The maximum absolute atomic E-state index is 12.9. The number of amides is 2. The molecule has 1 fully saturated rings. The molecule has 2 amide bonds. The molecule has 142 valence electrons. The highest BCUT2D eigenvalue weighted by Gasteiger charge is 2.22. The highest BCUT2D eigenvalue weighted by atomic mass is 32.2. The van der Waals surface area contributed by atoms with Crippen LogP contribution >= 0.6 is 23.1 Å². The molecule has 0 bridgehead atoms. The molecule has 1 aliphatic rings. The van der Waals surface area contributed by atoms with E-state index in [9.17, 15) is 9.59 Å². The predicted octanol–water partition coefficient (Wildman–Crippen LogP) is 4.81. The largest absolute Gasteiger partial charge is 0.322 e. The lowest BCUT2D eigenvalue weighted by Gasteiger charge is -2.17. The van der Waals surface area contributed by atoms with Gasteiger partial charge < -0.3 is 10.2 Å². The number of benzene rings is 2. The lowest BCUT2D eigenvalue weighted by molar-refractivity contribution is -0.117. The summed E-state index contributed by atoms with van der Waals surface area (Å²) in [5.41, 5.74) is 4.96. The zero-order valence-corrected chi connectivity index (χ0v) is 16.8. The maximum atomic E-state index is 12.9. The molecule has 1 aromatic heterocycles. The van der Waals surface area contributed by atoms with Crippen molar-refractivity contribution in [3.63, 3.8) is 0 Å². The molecule has 0 radical (unpaired) electrons. The summed E-state index contributed by atoms with van der Waals surface area (Å²) in [5, 5.41) is 4.98. The van der Waals surface area contributed by atoms with Crippen LogP contribution in [0.1, 0.15) is 28.9 Å². The molecular weight excluding hydrogens is 390 g/mol. The summed E-state index contributed by atoms with van der Waals surface area (Å²) in [4.78, 5) is 31.8. The average molecular weight is 410 g/mol. The third-order valence-corrected chi connectivity index (χ3v) is 6.22. The standard InChI is InChI=1S/C21H19N3O2S2/c25-20-9-4-10-24(20)17-6-3-5-15(11-17)23-21(26)18-7-1-2-8-19(18)28-13-16-12-27-14-22-16/h1-3,5-8,11-12,14H,4,9-10,13H2,(H,23,26). The highest BCUT2D eigenvalue weighted by Crippen LogP contribution is 2.28. The molecule has 0 spiro atoms. The summed E-state index contributed by atoms with van der Waals surface area (Å²) in [7, 11) is 0. The molecule has 0 atom stereocenters. The fraction of sp³-hybridized carbons (Fsp3) is 0.190. The first-order chi connectivity index (χ1) is 13.7. The second kappa shape index (κ2) is 8.58. The van der Waals surface area contributed by atoms with Gasteiger partial charge in [0.25, 0.3) is 5.91 Å². The van der Waals surface area contributed by atoms with E-state index in [1.54, 1.807) is 28.0 Å². The number of carbonyl (C=O) groups excluding carboxylic acids is 2. The van der Waals surface area contributed by atoms with Crippen LogP contribution in [0.5, 0.6) is 0 Å². The molecule has 0 aliphatic carbocycles. The van der Waals surface area contributed by atoms with Crippen molar-refractivity contribution < 1.29 is 9.59 Å². The van der Waals surface area contributed by atoms with Crippen molar-refractivity contribution in [2.75, 3.05) is 16.8 Å². The topological polar surface area (TPSA) is 62.3 Å². The number of aromatic nitrogens is 1. The number of nitrogens with one attached hydrogen (secondary N) is 1. The second-order valence-corrected chi connectivity index (χ2v) is 8.15. The van der Waals surface area contributed by atoms with Gasteiger partial charge in [0.15, 0.2) is 0 Å². The van der Waals surface area contributed by atoms with Crippen LogP contribution in [0, 0.1) is 0 Å².